The lowest BCUT2D eigenvalue weighted by atomic mass is 10.1. The van der Waals surface area contributed by atoms with Crippen LogP contribution in [0.5, 0.6) is 5.75 Å². The Kier molecular flexibility index (Phi) is 5.44. The lowest BCUT2D eigenvalue weighted by Crippen LogP contribution is -2.29. The quantitative estimate of drug-likeness (QED) is 0.872. The summed E-state index contributed by atoms with van der Waals surface area (Å²) >= 11 is 3.31. The number of halogens is 1. The van der Waals surface area contributed by atoms with Gasteiger partial charge in [0.1, 0.15) is 5.75 Å². The Morgan fingerprint density at radius 3 is 2.88 bits per heavy atom. The average molecular weight is 302 g/mol. The van der Waals surface area contributed by atoms with Crippen molar-refractivity contribution < 1.29 is 14.6 Å². The number of ether oxygens (including phenoxy) is 1. The molecule has 0 fully saturated rings. The summed E-state index contributed by atoms with van der Waals surface area (Å²) in [7, 11) is 1.52. The summed E-state index contributed by atoms with van der Waals surface area (Å²) in [6, 6.07) is 5.25. The molecule has 0 aliphatic carbocycles. The van der Waals surface area contributed by atoms with E-state index in [0.717, 1.165) is 4.47 Å². The molecule has 0 aliphatic heterocycles. The van der Waals surface area contributed by atoms with Gasteiger partial charge in [0, 0.05) is 17.6 Å². The molecule has 2 N–H and O–H groups in total. The molecule has 0 radical (unpaired) electrons. The van der Waals surface area contributed by atoms with Crippen molar-refractivity contribution in [1.82, 2.24) is 5.32 Å². The fourth-order valence-corrected chi connectivity index (χ4v) is 1.65. The van der Waals surface area contributed by atoms with Crippen LogP contribution >= 0.6 is 15.9 Å². The van der Waals surface area contributed by atoms with Gasteiger partial charge in [-0.05, 0) is 24.1 Å². The van der Waals surface area contributed by atoms with Crippen molar-refractivity contribution in [3.05, 3.63) is 28.2 Å². The summed E-state index contributed by atoms with van der Waals surface area (Å²) in [5.74, 6) is 0.364. The summed E-state index contributed by atoms with van der Waals surface area (Å²) < 4.78 is 5.94. The molecule has 17 heavy (non-hydrogen) atoms. The van der Waals surface area contributed by atoms with Gasteiger partial charge in [-0.15, -0.1) is 0 Å². The number of benzene rings is 1. The first-order chi connectivity index (χ1) is 8.08. The lowest BCUT2D eigenvalue weighted by molar-refractivity contribution is 0.0939. The smallest absolute Gasteiger partial charge is 0.255 e. The molecule has 1 rings (SSSR count). The van der Waals surface area contributed by atoms with E-state index in [1.165, 1.54) is 7.11 Å². The Bertz CT molecular complexity index is 395. The number of aliphatic hydroxyl groups excluding tert-OH is 1. The van der Waals surface area contributed by atoms with Gasteiger partial charge in [-0.2, -0.15) is 0 Å². The third kappa shape index (κ3) is 4.02. The van der Waals surface area contributed by atoms with Gasteiger partial charge in [-0.25, -0.2) is 0 Å². The Hall–Kier alpha value is -1.07. The summed E-state index contributed by atoms with van der Waals surface area (Å²) in [6.45, 7) is 2.35. The molecule has 0 aromatic heterocycles. The van der Waals surface area contributed by atoms with Gasteiger partial charge >= 0.3 is 0 Å². The van der Waals surface area contributed by atoms with Gasteiger partial charge in [0.2, 0.25) is 0 Å². The third-order valence-electron chi connectivity index (χ3n) is 2.33. The van der Waals surface area contributed by atoms with Gasteiger partial charge < -0.3 is 15.2 Å². The molecule has 0 bridgehead atoms. The molecule has 0 aliphatic rings. The standard InChI is InChI=1S/C12H16BrNO3/c1-8(7-15)6-14-12(16)10-5-9(13)3-4-11(10)17-2/h3-5,8,15H,6-7H2,1-2H3,(H,14,16). The zero-order valence-corrected chi connectivity index (χ0v) is 11.5. The van der Waals surface area contributed by atoms with Crippen LogP contribution in [0.25, 0.3) is 0 Å². The van der Waals surface area contributed by atoms with Crippen molar-refractivity contribution in [2.24, 2.45) is 5.92 Å². The summed E-state index contributed by atoms with van der Waals surface area (Å²) in [4.78, 5) is 11.9. The molecular formula is C12H16BrNO3. The van der Waals surface area contributed by atoms with Crippen LogP contribution in [-0.2, 0) is 0 Å². The lowest BCUT2D eigenvalue weighted by Gasteiger charge is -2.12. The number of rotatable bonds is 5. The maximum Gasteiger partial charge on any atom is 0.255 e. The van der Waals surface area contributed by atoms with Gasteiger partial charge in [-0.3, -0.25) is 4.79 Å². The molecular weight excluding hydrogens is 286 g/mol. The molecule has 1 aromatic carbocycles. The second kappa shape index (κ2) is 6.61. The Morgan fingerprint density at radius 1 is 1.59 bits per heavy atom. The highest BCUT2D eigenvalue weighted by molar-refractivity contribution is 9.10. The minimum Gasteiger partial charge on any atom is -0.496 e. The van der Waals surface area contributed by atoms with Crippen molar-refractivity contribution in [2.75, 3.05) is 20.3 Å². The first-order valence-corrected chi connectivity index (χ1v) is 6.10. The molecule has 1 amide bonds. The van der Waals surface area contributed by atoms with Crippen LogP contribution in [0.2, 0.25) is 0 Å². The van der Waals surface area contributed by atoms with Crippen molar-refractivity contribution in [3.63, 3.8) is 0 Å². The SMILES string of the molecule is COc1ccc(Br)cc1C(=O)NCC(C)CO. The predicted molar refractivity (Wildman–Crippen MR) is 69.3 cm³/mol. The van der Waals surface area contributed by atoms with Gasteiger partial charge in [0.05, 0.1) is 12.7 Å². The van der Waals surface area contributed by atoms with Crippen LogP contribution < -0.4 is 10.1 Å². The Balaban J connectivity index is 2.77. The molecule has 0 saturated heterocycles. The predicted octanol–water partition coefficient (Wildman–Crippen LogP) is 1.82. The molecule has 94 valence electrons. The number of hydrogen-bond acceptors (Lipinski definition) is 3. The monoisotopic (exact) mass is 301 g/mol. The fraction of sp³-hybridized carbons (Fsp3) is 0.417. The normalized spacial score (nSPS) is 12.0. The highest BCUT2D eigenvalue weighted by Crippen LogP contribution is 2.22. The van der Waals surface area contributed by atoms with Crippen LogP contribution in [-0.4, -0.2) is 31.3 Å². The number of carbonyl (C=O) groups is 1. The van der Waals surface area contributed by atoms with Crippen LogP contribution in [0.4, 0.5) is 0 Å². The van der Waals surface area contributed by atoms with E-state index in [9.17, 15) is 4.79 Å². The summed E-state index contributed by atoms with van der Waals surface area (Å²) in [5.41, 5.74) is 0.479. The number of nitrogens with one attached hydrogen (secondary N) is 1. The summed E-state index contributed by atoms with van der Waals surface area (Å²) in [6.07, 6.45) is 0. The van der Waals surface area contributed by atoms with E-state index in [4.69, 9.17) is 9.84 Å². The van der Waals surface area contributed by atoms with Gasteiger partial charge in [0.15, 0.2) is 0 Å². The second-order valence-electron chi connectivity index (χ2n) is 3.84. The van der Waals surface area contributed by atoms with Gasteiger partial charge in [-0.1, -0.05) is 22.9 Å². The van der Waals surface area contributed by atoms with Crippen molar-refractivity contribution >= 4 is 21.8 Å². The zero-order chi connectivity index (χ0) is 12.8. The van der Waals surface area contributed by atoms with Crippen LogP contribution in [0.15, 0.2) is 22.7 Å². The molecule has 1 unspecified atom stereocenters. The highest BCUT2D eigenvalue weighted by Gasteiger charge is 2.13. The summed E-state index contributed by atoms with van der Waals surface area (Å²) in [5, 5.41) is 11.6. The fourth-order valence-electron chi connectivity index (χ4n) is 1.28. The molecule has 0 saturated carbocycles. The van der Waals surface area contributed by atoms with Crippen LogP contribution in [0.3, 0.4) is 0 Å². The highest BCUT2D eigenvalue weighted by atomic mass is 79.9. The Labute approximate surface area is 109 Å². The van der Waals surface area contributed by atoms with E-state index in [1.807, 2.05) is 13.0 Å². The second-order valence-corrected chi connectivity index (χ2v) is 4.76. The maximum atomic E-state index is 11.9. The topological polar surface area (TPSA) is 58.6 Å². The van der Waals surface area contributed by atoms with Crippen molar-refractivity contribution in [2.45, 2.75) is 6.92 Å². The number of hydrogen-bond donors (Lipinski definition) is 2. The third-order valence-corrected chi connectivity index (χ3v) is 2.82. The van der Waals surface area contributed by atoms with Crippen LogP contribution in [0, 0.1) is 5.92 Å². The maximum absolute atomic E-state index is 11.9. The number of methoxy groups -OCH3 is 1. The first-order valence-electron chi connectivity index (χ1n) is 5.31. The molecule has 1 aromatic rings. The van der Waals surface area contributed by atoms with E-state index >= 15 is 0 Å². The van der Waals surface area contributed by atoms with E-state index in [2.05, 4.69) is 21.2 Å². The molecule has 5 heteroatoms. The molecule has 0 heterocycles. The number of amides is 1. The van der Waals surface area contributed by atoms with E-state index in [0.29, 0.717) is 17.9 Å². The average Bonchev–Trinajstić information content (AvgIpc) is 2.35. The molecule has 4 nitrogen and oxygen atoms in total. The first kappa shape index (κ1) is 14.0. The zero-order valence-electron chi connectivity index (χ0n) is 9.87. The number of carbonyl (C=O) groups excluding carboxylic acids is 1. The van der Waals surface area contributed by atoms with Crippen molar-refractivity contribution in [3.8, 4) is 5.75 Å². The van der Waals surface area contributed by atoms with E-state index < -0.39 is 0 Å². The molecule has 0 spiro atoms. The number of aliphatic hydroxyl groups is 1. The minimum atomic E-state index is -0.205. The van der Waals surface area contributed by atoms with E-state index in [-0.39, 0.29) is 18.4 Å². The van der Waals surface area contributed by atoms with Crippen LogP contribution in [0.1, 0.15) is 17.3 Å². The largest absolute Gasteiger partial charge is 0.496 e. The van der Waals surface area contributed by atoms with E-state index in [1.54, 1.807) is 12.1 Å². The minimum absolute atomic E-state index is 0.0390. The van der Waals surface area contributed by atoms with Crippen molar-refractivity contribution in [1.29, 1.82) is 0 Å². The Morgan fingerprint density at radius 2 is 2.29 bits per heavy atom. The van der Waals surface area contributed by atoms with Gasteiger partial charge in [0.25, 0.3) is 5.91 Å². The molecule has 1 atom stereocenters.